The summed E-state index contributed by atoms with van der Waals surface area (Å²) in [5, 5.41) is 28.4. The van der Waals surface area contributed by atoms with Crippen molar-refractivity contribution in [3.63, 3.8) is 0 Å². The molecule has 1 N–H and O–H groups in total. The molecule has 0 aromatic carbocycles. The van der Waals surface area contributed by atoms with Crippen molar-refractivity contribution in [1.29, 1.82) is 0 Å². The monoisotopic (exact) mass is 420 g/mol. The van der Waals surface area contributed by atoms with Crippen molar-refractivity contribution in [2.24, 2.45) is 0 Å². The fourth-order valence-electron chi connectivity index (χ4n) is 0.596. The molecule has 0 saturated carbocycles. The van der Waals surface area contributed by atoms with Gasteiger partial charge in [-0.25, -0.2) is 0 Å². The van der Waals surface area contributed by atoms with E-state index in [0.717, 1.165) is 0 Å². The summed E-state index contributed by atoms with van der Waals surface area (Å²) in [6.07, 6.45) is 0. The van der Waals surface area contributed by atoms with Crippen LogP contribution >= 0.6 is 0 Å². The second kappa shape index (κ2) is 12.1. The van der Waals surface area contributed by atoms with Gasteiger partial charge in [0.15, 0.2) is 0 Å². The zero-order valence-corrected chi connectivity index (χ0v) is 11.6. The second-order valence-corrected chi connectivity index (χ2v) is 4.13. The smallest absolute Gasteiger partial charge is 0.291 e. The van der Waals surface area contributed by atoms with E-state index in [0.29, 0.717) is 12.1 Å². The molecule has 9 nitrogen and oxygen atoms in total. The third-order valence-corrected chi connectivity index (χ3v) is 3.27. The summed E-state index contributed by atoms with van der Waals surface area (Å²) < 4.78 is 2.31. The summed E-state index contributed by atoms with van der Waals surface area (Å²) in [7, 11) is 0. The minimum Gasteiger partial charge on any atom is -0.356 e. The van der Waals surface area contributed by atoms with Gasteiger partial charge in [-0.3, -0.25) is 0 Å². The van der Waals surface area contributed by atoms with Gasteiger partial charge in [0, 0.05) is 0 Å². The SMILES string of the molecule is CC(C)[N]([Pt])C(C)C.O=[N+]([O-])O.O=[N+]([O-])[O-]. The molecule has 0 heterocycles. The number of hydrogen-bond donors (Lipinski definition) is 1. The van der Waals surface area contributed by atoms with Crippen LogP contribution in [-0.2, 0) is 20.1 Å². The second-order valence-electron chi connectivity index (χ2n) is 2.96. The Morgan fingerprint density at radius 2 is 1.19 bits per heavy atom. The molecule has 0 radical (unpaired) electrons. The standard InChI is InChI=1S/C6H14N.HNO3.NO3.Pt/c1-5(2)7-6(3)4;2*2-1(3)4;/h5-6H,1-4H3;(H,2,3,4);;/q-1;;-1;+1. The van der Waals surface area contributed by atoms with Crippen molar-refractivity contribution < 1.29 is 35.4 Å². The fraction of sp³-hybridized carbons (Fsp3) is 1.00. The van der Waals surface area contributed by atoms with Crippen molar-refractivity contribution in [2.75, 3.05) is 0 Å². The molecule has 16 heavy (non-hydrogen) atoms. The zero-order chi connectivity index (χ0) is 13.9. The molecule has 0 aliphatic rings. The Morgan fingerprint density at radius 1 is 1.06 bits per heavy atom. The van der Waals surface area contributed by atoms with Crippen molar-refractivity contribution in [3.05, 3.63) is 25.4 Å². The molecule has 0 fully saturated rings. The first-order chi connectivity index (χ1) is 7.02. The van der Waals surface area contributed by atoms with E-state index in [4.69, 9.17) is 30.6 Å². The van der Waals surface area contributed by atoms with Gasteiger partial charge in [0.2, 0.25) is 0 Å². The summed E-state index contributed by atoms with van der Waals surface area (Å²) in [6, 6.07) is 1.33. The molecule has 0 aromatic rings. The Labute approximate surface area is 104 Å². The average Bonchev–Trinajstić information content (AvgIpc) is 2.00. The van der Waals surface area contributed by atoms with E-state index >= 15 is 0 Å². The minimum atomic E-state index is -1.75. The van der Waals surface area contributed by atoms with E-state index < -0.39 is 10.2 Å². The van der Waals surface area contributed by atoms with Gasteiger partial charge >= 0.3 is 63.3 Å². The predicted molar refractivity (Wildman–Crippen MR) is 51.3 cm³/mol. The summed E-state index contributed by atoms with van der Waals surface area (Å²) >= 11 is 2.34. The molecule has 0 rings (SSSR count). The molecular formula is C6H15N3O6Pt-. The number of nitrogens with zero attached hydrogens (tertiary/aromatic N) is 3. The van der Waals surface area contributed by atoms with Crippen LogP contribution in [0.2, 0.25) is 0 Å². The van der Waals surface area contributed by atoms with Crippen LogP contribution < -0.4 is 0 Å². The summed E-state index contributed by atoms with van der Waals surface area (Å²) in [6.45, 7) is 8.81. The molecule has 0 bridgehead atoms. The molecule has 0 unspecified atom stereocenters. The predicted octanol–water partition coefficient (Wildman–Crippen LogP) is 0.980. The van der Waals surface area contributed by atoms with E-state index in [1.165, 1.54) is 0 Å². The molecule has 0 amide bonds. The topological polar surface area (TPSA) is 133 Å². The van der Waals surface area contributed by atoms with E-state index in [-0.39, 0.29) is 0 Å². The van der Waals surface area contributed by atoms with E-state index in [1.54, 1.807) is 0 Å². The number of rotatable bonds is 2. The zero-order valence-electron chi connectivity index (χ0n) is 9.30. The van der Waals surface area contributed by atoms with Gasteiger partial charge in [0.1, 0.15) is 0 Å². The van der Waals surface area contributed by atoms with Crippen molar-refractivity contribution >= 4 is 0 Å². The maximum Gasteiger partial charge on any atom is 0.291 e. The Hall–Kier alpha value is -0.952. The van der Waals surface area contributed by atoms with Crippen LogP contribution in [0.1, 0.15) is 27.7 Å². The average molecular weight is 420 g/mol. The van der Waals surface area contributed by atoms with Gasteiger partial charge in [-0.15, -0.1) is 10.1 Å². The van der Waals surface area contributed by atoms with E-state index in [9.17, 15) is 0 Å². The van der Waals surface area contributed by atoms with Gasteiger partial charge in [-0.05, 0) is 0 Å². The van der Waals surface area contributed by atoms with Crippen molar-refractivity contribution in [1.82, 2.24) is 3.46 Å². The molecule has 0 atom stereocenters. The largest absolute Gasteiger partial charge is 0.356 e. The molecule has 0 spiro atoms. The molecule has 0 aromatic heterocycles. The summed E-state index contributed by atoms with van der Waals surface area (Å²) in [5.41, 5.74) is 0. The van der Waals surface area contributed by atoms with Crippen LogP contribution in [0.3, 0.4) is 0 Å². The number of hydrogen-bond acceptors (Lipinski definition) is 6. The molecule has 0 saturated heterocycles. The summed E-state index contributed by atoms with van der Waals surface area (Å²) in [4.78, 5) is 16.6. The summed E-state index contributed by atoms with van der Waals surface area (Å²) in [5.74, 6) is 0. The van der Waals surface area contributed by atoms with Gasteiger partial charge in [0.25, 0.3) is 5.09 Å². The molecule has 101 valence electrons. The molecule has 0 aliphatic carbocycles. The van der Waals surface area contributed by atoms with Crippen LogP contribution in [-0.4, -0.2) is 30.9 Å². The first-order valence-corrected chi connectivity index (χ1v) is 5.10. The third kappa shape index (κ3) is 38.1. The normalized spacial score (nSPS) is 9.06. The minimum absolute atomic E-state index is 0.664. The Morgan fingerprint density at radius 3 is 1.19 bits per heavy atom. The van der Waals surface area contributed by atoms with Gasteiger partial charge in [0.05, 0.1) is 5.09 Å². The van der Waals surface area contributed by atoms with Gasteiger partial charge < -0.3 is 20.5 Å². The first-order valence-electron chi connectivity index (χ1n) is 4.08. The Balaban J connectivity index is -0.000000179. The van der Waals surface area contributed by atoms with Crippen LogP contribution in [0.15, 0.2) is 0 Å². The molecule has 10 heteroatoms. The maximum absolute atomic E-state index is 8.36. The van der Waals surface area contributed by atoms with Crippen LogP contribution in [0.25, 0.3) is 0 Å². The first kappa shape index (κ1) is 20.5. The quantitative estimate of drug-likeness (QED) is 0.520. The van der Waals surface area contributed by atoms with Crippen molar-refractivity contribution in [2.45, 2.75) is 39.8 Å². The van der Waals surface area contributed by atoms with E-state index in [1.807, 2.05) is 0 Å². The molecule has 0 aliphatic heterocycles. The van der Waals surface area contributed by atoms with Gasteiger partial charge in [-0.2, -0.15) is 0 Å². The van der Waals surface area contributed by atoms with Gasteiger partial charge in [-0.1, -0.05) is 0 Å². The fourth-order valence-corrected chi connectivity index (χ4v) is 0.596. The van der Waals surface area contributed by atoms with Crippen LogP contribution in [0.5, 0.6) is 0 Å². The van der Waals surface area contributed by atoms with Crippen LogP contribution in [0.4, 0.5) is 0 Å². The maximum atomic E-state index is 8.36. The molecular weight excluding hydrogens is 405 g/mol. The van der Waals surface area contributed by atoms with E-state index in [2.05, 4.69) is 51.2 Å². The van der Waals surface area contributed by atoms with Crippen molar-refractivity contribution in [3.8, 4) is 0 Å². The van der Waals surface area contributed by atoms with Crippen LogP contribution in [0, 0.1) is 25.4 Å². The third-order valence-electron chi connectivity index (χ3n) is 0.923. The Bertz CT molecular complexity index is 173. The Kier molecular flexibility index (Phi) is 15.5.